The number of rotatable bonds is 11. The van der Waals surface area contributed by atoms with E-state index in [-0.39, 0.29) is 5.82 Å². The number of nitrogens with zero attached hydrogens (tertiary/aromatic N) is 6. The number of pyridine rings is 3. The Labute approximate surface area is 260 Å². The number of halogens is 1. The van der Waals surface area contributed by atoms with E-state index in [0.29, 0.717) is 46.2 Å². The Bertz CT molecular complexity index is 1940. The maximum atomic E-state index is 14.7. The maximum Gasteiger partial charge on any atom is 0.181 e. The molecule has 0 atom stereocenters. The Morgan fingerprint density at radius 2 is 1.84 bits per heavy atom. The number of H-pyrrole nitrogens is 2. The van der Waals surface area contributed by atoms with Crippen molar-refractivity contribution in [2.45, 2.75) is 32.2 Å². The molecular formula is C34H36FN9O. The number of hydrogen-bond donors (Lipinski definition) is 3. The number of aromatic amines is 2. The molecule has 45 heavy (non-hydrogen) atoms. The lowest BCUT2D eigenvalue weighted by Gasteiger charge is -2.12. The number of benzene rings is 1. The van der Waals surface area contributed by atoms with Gasteiger partial charge in [-0.25, -0.2) is 19.3 Å². The number of nitrogens with one attached hydrogen (secondary N) is 3. The second-order valence-corrected chi connectivity index (χ2v) is 12.0. The topological polar surface area (TPSA) is 121 Å². The molecule has 6 aromatic rings. The molecule has 7 rings (SSSR count). The highest BCUT2D eigenvalue weighted by Gasteiger charge is 2.18. The van der Waals surface area contributed by atoms with Gasteiger partial charge in [-0.15, -0.1) is 0 Å². The van der Waals surface area contributed by atoms with E-state index in [1.165, 1.54) is 37.8 Å². The van der Waals surface area contributed by atoms with Gasteiger partial charge >= 0.3 is 0 Å². The van der Waals surface area contributed by atoms with Gasteiger partial charge in [-0.2, -0.15) is 5.10 Å². The largest absolute Gasteiger partial charge is 0.492 e. The molecule has 0 unspecified atom stereocenters. The van der Waals surface area contributed by atoms with Crippen LogP contribution in [-0.2, 0) is 6.54 Å². The minimum absolute atomic E-state index is 0.377. The monoisotopic (exact) mass is 605 g/mol. The molecule has 1 aliphatic rings. The van der Waals surface area contributed by atoms with Crippen LogP contribution >= 0.6 is 0 Å². The summed E-state index contributed by atoms with van der Waals surface area (Å²) in [5.41, 5.74) is 6.96. The SMILES string of the molecule is CN(C)CCOc1cc(F)cc(-c2ccnc3nc(-c4[nH]nc5ncc(-c6cncc(CNCC7CCCC7)c6)cc45)[nH]c23)c1. The first-order chi connectivity index (χ1) is 22.0. The Hall–Kier alpha value is -4.74. The van der Waals surface area contributed by atoms with Crippen LogP contribution in [0.1, 0.15) is 31.2 Å². The fourth-order valence-corrected chi connectivity index (χ4v) is 6.03. The summed E-state index contributed by atoms with van der Waals surface area (Å²) in [5.74, 6) is 1.44. The van der Waals surface area contributed by atoms with Gasteiger partial charge in [0.2, 0.25) is 0 Å². The zero-order valence-corrected chi connectivity index (χ0v) is 25.5. The molecule has 3 N–H and O–H groups in total. The smallest absolute Gasteiger partial charge is 0.181 e. The van der Waals surface area contributed by atoms with Crippen LogP contribution in [0.15, 0.2) is 61.2 Å². The van der Waals surface area contributed by atoms with Crippen molar-refractivity contribution in [1.29, 1.82) is 0 Å². The van der Waals surface area contributed by atoms with E-state index < -0.39 is 0 Å². The molecule has 0 amide bonds. The van der Waals surface area contributed by atoms with Gasteiger partial charge in [-0.3, -0.25) is 10.1 Å². The Morgan fingerprint density at radius 1 is 0.978 bits per heavy atom. The van der Waals surface area contributed by atoms with Crippen molar-refractivity contribution in [2.24, 2.45) is 5.92 Å². The number of ether oxygens (including phenoxy) is 1. The molecule has 0 bridgehead atoms. The van der Waals surface area contributed by atoms with Crippen LogP contribution in [0.4, 0.5) is 4.39 Å². The summed E-state index contributed by atoms with van der Waals surface area (Å²) in [6, 6.07) is 10.8. The van der Waals surface area contributed by atoms with Crippen LogP contribution in [-0.4, -0.2) is 73.8 Å². The van der Waals surface area contributed by atoms with Crippen LogP contribution < -0.4 is 10.1 Å². The van der Waals surface area contributed by atoms with E-state index in [2.05, 4.69) is 47.6 Å². The summed E-state index contributed by atoms with van der Waals surface area (Å²) in [7, 11) is 3.94. The van der Waals surface area contributed by atoms with Crippen molar-refractivity contribution < 1.29 is 9.13 Å². The standard InChI is InChI=1S/C34H36FN9O/c1-44(2)9-10-45-27-13-23(12-26(35)15-27)28-7-8-38-33-30(28)40-34(41-33)31-29-14-25(20-39-32(29)43-42-31)24-11-22(18-37-19-24)17-36-16-21-5-3-4-6-21/h7-8,11-15,18-21,36H,3-6,9-10,16-17H2,1-2H3,(H,38,40,41)(H,39,42,43). The molecule has 0 saturated heterocycles. The summed E-state index contributed by atoms with van der Waals surface area (Å²) in [6.07, 6.45) is 12.6. The number of likely N-dealkylation sites (N-methyl/N-ethyl adjacent to an activating group) is 1. The summed E-state index contributed by atoms with van der Waals surface area (Å²) in [5, 5.41) is 12.0. The van der Waals surface area contributed by atoms with Gasteiger partial charge in [0.05, 0.1) is 10.9 Å². The van der Waals surface area contributed by atoms with Crippen molar-refractivity contribution in [3.05, 3.63) is 72.6 Å². The van der Waals surface area contributed by atoms with Crippen molar-refractivity contribution in [2.75, 3.05) is 33.8 Å². The molecule has 0 radical (unpaired) electrons. The Morgan fingerprint density at radius 3 is 2.71 bits per heavy atom. The Balaban J connectivity index is 1.17. The molecule has 0 aliphatic heterocycles. The maximum absolute atomic E-state index is 14.7. The molecule has 230 valence electrons. The van der Waals surface area contributed by atoms with Gasteiger partial charge in [-0.05, 0) is 80.9 Å². The minimum Gasteiger partial charge on any atom is -0.492 e. The first kappa shape index (κ1) is 29.0. The third kappa shape index (κ3) is 6.40. The first-order valence-corrected chi connectivity index (χ1v) is 15.4. The molecule has 1 fully saturated rings. The third-order valence-corrected chi connectivity index (χ3v) is 8.39. The van der Waals surface area contributed by atoms with Crippen LogP contribution in [0.3, 0.4) is 0 Å². The van der Waals surface area contributed by atoms with Crippen LogP contribution in [0.25, 0.3) is 56.0 Å². The molecule has 11 heteroatoms. The van der Waals surface area contributed by atoms with Gasteiger partial charge in [0.1, 0.15) is 23.9 Å². The third-order valence-electron chi connectivity index (χ3n) is 8.39. The average molecular weight is 606 g/mol. The number of hydrogen-bond acceptors (Lipinski definition) is 8. The van der Waals surface area contributed by atoms with E-state index in [1.807, 2.05) is 49.7 Å². The predicted octanol–water partition coefficient (Wildman–Crippen LogP) is 5.98. The van der Waals surface area contributed by atoms with Crippen molar-refractivity contribution in [1.82, 2.24) is 45.3 Å². The van der Waals surface area contributed by atoms with Crippen LogP contribution in [0.5, 0.6) is 5.75 Å². The highest BCUT2D eigenvalue weighted by atomic mass is 19.1. The molecule has 5 aromatic heterocycles. The lowest BCUT2D eigenvalue weighted by atomic mass is 10.1. The molecular weight excluding hydrogens is 569 g/mol. The van der Waals surface area contributed by atoms with E-state index in [0.717, 1.165) is 53.2 Å². The van der Waals surface area contributed by atoms with E-state index >= 15 is 0 Å². The fraction of sp³-hybridized carbons (Fsp3) is 0.324. The predicted molar refractivity (Wildman–Crippen MR) is 173 cm³/mol. The number of aromatic nitrogens is 7. The van der Waals surface area contributed by atoms with Crippen molar-refractivity contribution in [3.8, 4) is 39.5 Å². The second-order valence-electron chi connectivity index (χ2n) is 12.0. The van der Waals surface area contributed by atoms with Crippen LogP contribution in [0.2, 0.25) is 0 Å². The fourth-order valence-electron chi connectivity index (χ4n) is 6.03. The van der Waals surface area contributed by atoms with Gasteiger partial charge in [-0.1, -0.05) is 12.8 Å². The molecule has 0 spiro atoms. The summed E-state index contributed by atoms with van der Waals surface area (Å²) >= 11 is 0. The molecule has 5 heterocycles. The van der Waals surface area contributed by atoms with E-state index in [1.54, 1.807) is 6.20 Å². The summed E-state index contributed by atoms with van der Waals surface area (Å²) in [6.45, 7) is 3.02. The van der Waals surface area contributed by atoms with Crippen molar-refractivity contribution in [3.63, 3.8) is 0 Å². The van der Waals surface area contributed by atoms with E-state index in [9.17, 15) is 4.39 Å². The first-order valence-electron chi connectivity index (χ1n) is 15.4. The molecule has 1 aromatic carbocycles. The van der Waals surface area contributed by atoms with Gasteiger partial charge < -0.3 is 19.9 Å². The van der Waals surface area contributed by atoms with Crippen LogP contribution in [0, 0.1) is 11.7 Å². The van der Waals surface area contributed by atoms with Gasteiger partial charge in [0, 0.05) is 60.6 Å². The second kappa shape index (κ2) is 12.7. The highest BCUT2D eigenvalue weighted by molar-refractivity contribution is 5.96. The van der Waals surface area contributed by atoms with Gasteiger partial charge in [0.15, 0.2) is 17.1 Å². The zero-order chi connectivity index (χ0) is 30.8. The quantitative estimate of drug-likeness (QED) is 0.165. The zero-order valence-electron chi connectivity index (χ0n) is 25.5. The normalized spacial score (nSPS) is 13.9. The summed E-state index contributed by atoms with van der Waals surface area (Å²) in [4.78, 5) is 23.8. The summed E-state index contributed by atoms with van der Waals surface area (Å²) < 4.78 is 20.5. The molecule has 1 aliphatic carbocycles. The molecule has 1 saturated carbocycles. The lowest BCUT2D eigenvalue weighted by molar-refractivity contribution is 0.260. The minimum atomic E-state index is -0.377. The van der Waals surface area contributed by atoms with Gasteiger partial charge in [0.25, 0.3) is 0 Å². The lowest BCUT2D eigenvalue weighted by Crippen LogP contribution is -2.20. The van der Waals surface area contributed by atoms with E-state index in [4.69, 9.17) is 9.72 Å². The average Bonchev–Trinajstić information content (AvgIpc) is 3.80. The number of fused-ring (bicyclic) bond motifs is 2. The molecule has 10 nitrogen and oxygen atoms in total. The van der Waals surface area contributed by atoms with Crippen molar-refractivity contribution >= 4 is 22.2 Å². The Kier molecular flexibility index (Phi) is 8.19. The highest BCUT2D eigenvalue weighted by Crippen LogP contribution is 2.33. The number of imidazole rings is 1.